The van der Waals surface area contributed by atoms with E-state index in [-0.39, 0.29) is 52.8 Å². The van der Waals surface area contributed by atoms with Crippen LogP contribution in [0.25, 0.3) is 6.08 Å². The van der Waals surface area contributed by atoms with Crippen molar-refractivity contribution >= 4 is 51.5 Å². The Bertz CT molecular complexity index is 1970. The largest absolute Gasteiger partial charge is 0.383 e. The van der Waals surface area contributed by atoms with E-state index in [4.69, 9.17) is 5.73 Å². The average molecular weight is 734 g/mol. The molecule has 4 fully saturated rings. The number of nitrogens with zero attached hydrogens (tertiary/aromatic N) is 3. The molecule has 2 saturated heterocycles. The van der Waals surface area contributed by atoms with Gasteiger partial charge < -0.3 is 10.8 Å². The number of piperidine rings is 1. The molecule has 3 aliphatic heterocycles. The maximum atomic E-state index is 14.7. The molecule has 6 aliphatic rings. The normalized spacial score (nSPS) is 33.6. The van der Waals surface area contributed by atoms with Crippen molar-refractivity contribution in [1.82, 2.24) is 9.21 Å². The van der Waals surface area contributed by atoms with Gasteiger partial charge in [0.1, 0.15) is 18.0 Å². The molecule has 2 saturated carbocycles. The summed E-state index contributed by atoms with van der Waals surface area (Å²) in [6.07, 6.45) is 7.13. The fraction of sp³-hybridized carbons (Fsp3) is 0.526. The summed E-state index contributed by atoms with van der Waals surface area (Å²) >= 11 is 1.32. The number of sulfonamides is 1. The van der Waals surface area contributed by atoms with Crippen molar-refractivity contribution in [2.45, 2.75) is 63.0 Å². The summed E-state index contributed by atoms with van der Waals surface area (Å²) in [6.45, 7) is 4.09. The van der Waals surface area contributed by atoms with Crippen LogP contribution < -0.4 is 5.73 Å². The second-order valence-corrected chi connectivity index (χ2v) is 19.3. The van der Waals surface area contributed by atoms with Crippen LogP contribution in [0.15, 0.2) is 54.6 Å². The van der Waals surface area contributed by atoms with Crippen molar-refractivity contribution in [3.8, 4) is 0 Å². The van der Waals surface area contributed by atoms with Gasteiger partial charge >= 0.3 is 5.91 Å². The molecular weight excluding hydrogens is 689 g/mol. The Kier molecular flexibility index (Phi) is 7.87. The van der Waals surface area contributed by atoms with Crippen LogP contribution >= 0.6 is 11.8 Å². The first-order valence-corrected chi connectivity index (χ1v) is 20.6. The van der Waals surface area contributed by atoms with E-state index in [0.29, 0.717) is 32.4 Å². The van der Waals surface area contributed by atoms with Gasteiger partial charge in [-0.05, 0) is 66.7 Å². The third-order valence-corrected chi connectivity index (χ3v) is 16.9. The first-order valence-electron chi connectivity index (χ1n) is 17.8. The molecule has 2 aromatic carbocycles. The number of aliphatic hydroxyl groups is 1. The van der Waals surface area contributed by atoms with Gasteiger partial charge in [-0.1, -0.05) is 74.2 Å². The van der Waals surface area contributed by atoms with Gasteiger partial charge in [0.2, 0.25) is 10.0 Å². The monoisotopic (exact) mass is 733 g/mol. The second-order valence-electron chi connectivity index (χ2n) is 16.3. The number of quaternary nitrogens is 1. The van der Waals surface area contributed by atoms with E-state index in [0.717, 1.165) is 11.3 Å². The zero-order valence-corrected chi connectivity index (χ0v) is 30.7. The molecule has 3 heterocycles. The number of rotatable bonds is 8. The minimum Gasteiger partial charge on any atom is -0.383 e. The molecule has 1 spiro atoms. The van der Waals surface area contributed by atoms with Crippen molar-refractivity contribution in [3.63, 3.8) is 0 Å². The van der Waals surface area contributed by atoms with E-state index in [1.54, 1.807) is 28.6 Å². The highest BCUT2D eigenvalue weighted by Crippen LogP contribution is 2.71. The summed E-state index contributed by atoms with van der Waals surface area (Å²) in [4.78, 5) is 55.4. The lowest BCUT2D eigenvalue weighted by Crippen LogP contribution is -2.72. The van der Waals surface area contributed by atoms with Gasteiger partial charge in [-0.15, -0.1) is 0 Å². The first kappa shape index (κ1) is 34.7. The van der Waals surface area contributed by atoms with E-state index in [1.807, 2.05) is 26.0 Å². The molecule has 0 aromatic heterocycles. The Morgan fingerprint density at radius 1 is 1.00 bits per heavy atom. The van der Waals surface area contributed by atoms with Crippen LogP contribution in [0.1, 0.15) is 77.8 Å². The molecule has 5 atom stereocenters. The Labute approximate surface area is 302 Å². The Morgan fingerprint density at radius 2 is 1.65 bits per heavy atom. The number of carbonyl (C=O) groups is 4. The molecular formula is C38H45N4O7S2+. The molecule has 0 radical (unpaired) electrons. The van der Waals surface area contributed by atoms with Crippen molar-refractivity contribution in [2.75, 3.05) is 43.6 Å². The van der Waals surface area contributed by atoms with Gasteiger partial charge in [0, 0.05) is 29.7 Å². The van der Waals surface area contributed by atoms with E-state index < -0.39 is 67.2 Å². The number of fused-ring (bicyclic) bond motifs is 5. The number of carbonyl (C=O) groups excluding carboxylic acids is 4. The van der Waals surface area contributed by atoms with E-state index >= 15 is 0 Å². The van der Waals surface area contributed by atoms with E-state index in [1.165, 1.54) is 22.9 Å². The minimum absolute atomic E-state index is 0.00402. The molecule has 3 aliphatic carbocycles. The zero-order chi connectivity index (χ0) is 36.2. The highest BCUT2D eigenvalue weighted by atomic mass is 32.2. The van der Waals surface area contributed by atoms with Gasteiger partial charge in [0.05, 0.1) is 16.9 Å². The van der Waals surface area contributed by atoms with Crippen LogP contribution in [0.4, 0.5) is 0 Å². The lowest BCUT2D eigenvalue weighted by Gasteiger charge is -2.52. The van der Waals surface area contributed by atoms with Gasteiger partial charge in [-0.25, -0.2) is 22.0 Å². The third kappa shape index (κ3) is 4.91. The highest BCUT2D eigenvalue weighted by molar-refractivity contribution is 7.99. The number of thioether (sulfide) groups is 1. The second kappa shape index (κ2) is 11.6. The van der Waals surface area contributed by atoms with Crippen molar-refractivity contribution < 1.29 is 37.2 Å². The van der Waals surface area contributed by atoms with E-state index in [9.17, 15) is 32.7 Å². The fourth-order valence-corrected chi connectivity index (χ4v) is 14.5. The molecule has 270 valence electrons. The number of allylic oxidation sites excluding steroid dienone is 1. The van der Waals surface area contributed by atoms with Crippen LogP contribution in [-0.2, 0) is 25.0 Å². The summed E-state index contributed by atoms with van der Waals surface area (Å²) in [5.74, 6) is -2.49. The SMILES string of the molecule is CC1(C)C2CCC1(CS(=O)(=O)N1CCC3(C=Cc4ccccc43)CC1)C(O)(C[N+]1(CC(N)=O)CSCC(N3C(=O)c4ccccc4C3=O)C1=O)C2. The Morgan fingerprint density at radius 3 is 2.29 bits per heavy atom. The zero-order valence-electron chi connectivity index (χ0n) is 29.0. The molecule has 8 rings (SSSR count). The fourth-order valence-electron chi connectivity index (χ4n) is 10.9. The quantitative estimate of drug-likeness (QED) is 0.310. The van der Waals surface area contributed by atoms with Gasteiger partial charge in [0.15, 0.2) is 12.6 Å². The molecule has 13 heteroatoms. The lowest BCUT2D eigenvalue weighted by molar-refractivity contribution is -0.844. The number of hydrogen-bond acceptors (Lipinski definition) is 8. The maximum Gasteiger partial charge on any atom is 0.338 e. The van der Waals surface area contributed by atoms with Crippen LogP contribution in [0.3, 0.4) is 0 Å². The summed E-state index contributed by atoms with van der Waals surface area (Å²) < 4.78 is 30.1. The molecule has 11 nitrogen and oxygen atoms in total. The predicted octanol–water partition coefficient (Wildman–Crippen LogP) is 3.13. The summed E-state index contributed by atoms with van der Waals surface area (Å²) in [7, 11) is -3.88. The molecule has 4 amide bonds. The Balaban J connectivity index is 1.09. The molecule has 2 bridgehead atoms. The number of nitrogens with two attached hydrogens (primary N) is 1. The molecule has 2 aromatic rings. The van der Waals surface area contributed by atoms with Gasteiger partial charge in [0.25, 0.3) is 17.7 Å². The lowest BCUT2D eigenvalue weighted by atomic mass is 9.64. The third-order valence-electron chi connectivity index (χ3n) is 13.7. The van der Waals surface area contributed by atoms with Crippen LogP contribution in [0.5, 0.6) is 0 Å². The van der Waals surface area contributed by atoms with E-state index in [2.05, 4.69) is 24.3 Å². The number of amides is 4. The van der Waals surface area contributed by atoms with Crippen LogP contribution in [-0.4, -0.2) is 106 Å². The standard InChI is InChI=1S/C38H44N4O7S2/c1-35(2)26-12-14-37(35,23-51(48,49)40-17-15-36(16-18-40)13-11-25-7-3-6-10-29(25)36)38(47,19-26)22-42(20-31(39)43)24-50-21-30(34(42)46)41-32(44)27-8-4-5-9-28(27)33(41)45/h3-11,13,26,30,47H,12,14-24H2,1-2H3,(H-,39,43)/p+1. The summed E-state index contributed by atoms with van der Waals surface area (Å²) in [5.41, 5.74) is 5.09. The summed E-state index contributed by atoms with van der Waals surface area (Å²) in [5, 5.41) is 13.0. The van der Waals surface area contributed by atoms with Gasteiger partial charge in [-0.3, -0.25) is 19.3 Å². The average Bonchev–Trinajstić information content (AvgIpc) is 3.69. The smallest absolute Gasteiger partial charge is 0.338 e. The molecule has 51 heavy (non-hydrogen) atoms. The number of hydrogen-bond donors (Lipinski definition) is 2. The Hall–Kier alpha value is -3.36. The topological polar surface area (TPSA) is 155 Å². The van der Waals surface area contributed by atoms with Gasteiger partial charge in [-0.2, -0.15) is 0 Å². The van der Waals surface area contributed by atoms with Crippen LogP contribution in [0, 0.1) is 16.7 Å². The first-order chi connectivity index (χ1) is 24.1. The number of benzene rings is 2. The van der Waals surface area contributed by atoms with Crippen LogP contribution in [0.2, 0.25) is 0 Å². The van der Waals surface area contributed by atoms with Crippen molar-refractivity contribution in [1.29, 1.82) is 0 Å². The molecule has 5 unspecified atom stereocenters. The molecule has 3 N–H and O–H groups in total. The maximum absolute atomic E-state index is 14.7. The minimum atomic E-state index is -3.88. The van der Waals surface area contributed by atoms with Crippen molar-refractivity contribution in [2.24, 2.45) is 22.5 Å². The predicted molar refractivity (Wildman–Crippen MR) is 193 cm³/mol. The number of imide groups is 1. The highest BCUT2D eigenvalue weighted by Gasteiger charge is 2.74. The summed E-state index contributed by atoms with van der Waals surface area (Å²) in [6, 6.07) is 13.5. The van der Waals surface area contributed by atoms with Crippen molar-refractivity contribution in [3.05, 3.63) is 76.9 Å². The number of primary amides is 1.